The van der Waals surface area contributed by atoms with Gasteiger partial charge in [-0.2, -0.15) is 18.2 Å². The van der Waals surface area contributed by atoms with Crippen LogP contribution in [0.2, 0.25) is 0 Å². The first-order valence-corrected chi connectivity index (χ1v) is 20.4. The number of para-hydroxylation sites is 4. The maximum absolute atomic E-state index is 6.69. The molecule has 6 nitrogen and oxygen atoms in total. The molecule has 6 heterocycles. The van der Waals surface area contributed by atoms with E-state index in [2.05, 4.69) is 191 Å². The van der Waals surface area contributed by atoms with E-state index in [9.17, 15) is 0 Å². The van der Waals surface area contributed by atoms with Gasteiger partial charge in [0, 0.05) is 71.3 Å². The van der Waals surface area contributed by atoms with Crippen molar-refractivity contribution in [3.8, 4) is 23.0 Å². The molecule has 0 atom stereocenters. The Morgan fingerprint density at radius 1 is 0.557 bits per heavy atom. The Balaban J connectivity index is 0.00000399. The van der Waals surface area contributed by atoms with Crippen molar-refractivity contribution in [1.82, 2.24) is 18.5 Å². The van der Waals surface area contributed by atoms with Gasteiger partial charge in [0.2, 0.25) is 0 Å². The summed E-state index contributed by atoms with van der Waals surface area (Å²) in [6.07, 6.45) is 5.73. The molecule has 7 heteroatoms. The summed E-state index contributed by atoms with van der Waals surface area (Å²) < 4.78 is 15.7. The number of rotatable bonds is 4. The van der Waals surface area contributed by atoms with Crippen molar-refractivity contribution in [2.24, 2.45) is 0 Å². The molecule has 0 fully saturated rings. The first kappa shape index (κ1) is 35.9. The Hall–Kier alpha value is -7.01. The minimum absolute atomic E-state index is 0. The molecule has 0 bridgehead atoms. The van der Waals surface area contributed by atoms with Gasteiger partial charge in [-0.1, -0.05) is 135 Å². The van der Waals surface area contributed by atoms with Crippen LogP contribution in [0, 0.1) is 18.5 Å². The van der Waals surface area contributed by atoms with Crippen molar-refractivity contribution < 1.29 is 30.2 Å². The molecule has 13 aromatic rings. The number of benzene rings is 7. The fraction of sp³-hybridized carbons (Fsp3) is 0.0741. The van der Waals surface area contributed by atoms with Gasteiger partial charge in [0.1, 0.15) is 16.9 Å². The maximum Gasteiger partial charge on any atom is 0.196 e. The van der Waals surface area contributed by atoms with Crippen molar-refractivity contribution >= 4 is 87.2 Å². The summed E-state index contributed by atoms with van der Waals surface area (Å²) in [5.74, 6) is 2.03. The fourth-order valence-electron chi connectivity index (χ4n) is 9.70. The molecule has 0 aliphatic rings. The normalized spacial score (nSPS) is 12.4. The van der Waals surface area contributed by atoms with E-state index in [1.807, 2.05) is 24.4 Å². The van der Waals surface area contributed by atoms with Crippen molar-refractivity contribution in [2.75, 3.05) is 0 Å². The molecule has 61 heavy (non-hydrogen) atoms. The topological polar surface area (TPSA) is 40.5 Å². The minimum atomic E-state index is -0.0246. The van der Waals surface area contributed by atoms with Gasteiger partial charge in [-0.25, -0.2) is 4.98 Å². The van der Waals surface area contributed by atoms with Gasteiger partial charge in [-0.15, -0.1) is 29.7 Å². The Labute approximate surface area is 365 Å². The standard InChI is InChI=1S/C54H35N5O.Pt/c1-54(2,3)33-27-28-55-49(29-33)58-47-24-9-7-18-40(47)41-26-25-36(31-48(41)58)60-35-14-10-13-34(30-35)56-32-57-46-23-8-6-17-39(46)37-15-4-5-16-38(37)42-19-11-20-43-44-21-12-22-45-51(44)59(50(42)43)53(57)52(45)56;/h4-29H,1-3H3;/q-2;. The molecule has 0 saturated heterocycles. The quantitative estimate of drug-likeness (QED) is 0.130. The number of nitrogens with zero attached hydrogens (tertiary/aromatic N) is 5. The molecule has 13 rings (SSSR count). The molecular formula is C54H35N5OPt-2. The van der Waals surface area contributed by atoms with E-state index in [-0.39, 0.29) is 26.5 Å². The molecule has 0 unspecified atom stereocenters. The van der Waals surface area contributed by atoms with Crippen LogP contribution in [-0.4, -0.2) is 18.5 Å². The number of hydrogen-bond donors (Lipinski definition) is 0. The van der Waals surface area contributed by atoms with Gasteiger partial charge < -0.3 is 13.9 Å². The molecule has 0 aliphatic heterocycles. The van der Waals surface area contributed by atoms with Gasteiger partial charge >= 0.3 is 0 Å². The predicted molar refractivity (Wildman–Crippen MR) is 242 cm³/mol. The summed E-state index contributed by atoms with van der Waals surface area (Å²) >= 11 is 0. The van der Waals surface area contributed by atoms with Crippen LogP contribution in [0.1, 0.15) is 26.3 Å². The van der Waals surface area contributed by atoms with Gasteiger partial charge in [-0.05, 0) is 50.7 Å². The second-order valence-electron chi connectivity index (χ2n) is 16.8. The van der Waals surface area contributed by atoms with Gasteiger partial charge in [0.05, 0.1) is 5.52 Å². The molecule has 6 aromatic heterocycles. The molecule has 0 N–H and O–H groups in total. The summed E-state index contributed by atoms with van der Waals surface area (Å²) in [4.78, 5) is 4.86. The average Bonchev–Trinajstić information content (AvgIpc) is 4.02. The van der Waals surface area contributed by atoms with E-state index in [0.717, 1.165) is 60.8 Å². The number of aromatic nitrogens is 5. The second-order valence-corrected chi connectivity index (χ2v) is 16.8. The second kappa shape index (κ2) is 13.0. The summed E-state index contributed by atoms with van der Waals surface area (Å²) in [6, 6.07) is 61.0. The van der Waals surface area contributed by atoms with E-state index < -0.39 is 0 Å². The van der Waals surface area contributed by atoms with Gasteiger partial charge in [0.15, 0.2) is 12.0 Å². The SMILES string of the molecule is CC(C)(C)c1ccnc(-n2c3[c-]c(Oc4[c-]c(-n5[c-][n+]6c7ccccc7c7ccccc7c7cccc8c9cccc%10c5c6n(c78)c9%10)ccc4)ccc3c3ccccc32)c1.[Pt]. The largest absolute Gasteiger partial charge is 0.510 e. The van der Waals surface area contributed by atoms with Crippen LogP contribution in [0.25, 0.3) is 98.7 Å². The molecule has 294 valence electrons. The Bertz CT molecular complexity index is 3920. The van der Waals surface area contributed by atoms with E-state index in [0.29, 0.717) is 11.5 Å². The maximum atomic E-state index is 6.69. The molecular weight excluding hydrogens is 930 g/mol. The van der Waals surface area contributed by atoms with Gasteiger partial charge in [-0.3, -0.25) is 8.80 Å². The summed E-state index contributed by atoms with van der Waals surface area (Å²) in [7, 11) is 0. The van der Waals surface area contributed by atoms with E-state index in [1.54, 1.807) is 0 Å². The molecule has 0 amide bonds. The third-order valence-corrected chi connectivity index (χ3v) is 12.4. The van der Waals surface area contributed by atoms with Crippen LogP contribution < -0.4 is 9.14 Å². The first-order valence-electron chi connectivity index (χ1n) is 20.4. The number of ether oxygens (including phenoxy) is 1. The van der Waals surface area contributed by atoms with Crippen molar-refractivity contribution in [3.63, 3.8) is 0 Å². The molecule has 0 spiro atoms. The number of imidazole rings is 1. The molecule has 7 aromatic carbocycles. The Morgan fingerprint density at radius 3 is 1.97 bits per heavy atom. The van der Waals surface area contributed by atoms with Crippen LogP contribution in [-0.2, 0) is 26.5 Å². The monoisotopic (exact) mass is 964 g/mol. The van der Waals surface area contributed by atoms with Crippen LogP contribution in [0.3, 0.4) is 0 Å². The smallest absolute Gasteiger partial charge is 0.196 e. The van der Waals surface area contributed by atoms with E-state index in [4.69, 9.17) is 9.72 Å². The third kappa shape index (κ3) is 5.06. The zero-order valence-electron chi connectivity index (χ0n) is 33.5. The predicted octanol–water partition coefficient (Wildman–Crippen LogP) is 12.7. The third-order valence-electron chi connectivity index (χ3n) is 12.4. The van der Waals surface area contributed by atoms with E-state index in [1.165, 1.54) is 43.5 Å². The van der Waals surface area contributed by atoms with Gasteiger partial charge in [0.25, 0.3) is 0 Å². The van der Waals surface area contributed by atoms with Crippen LogP contribution in [0.4, 0.5) is 0 Å². The van der Waals surface area contributed by atoms with E-state index >= 15 is 0 Å². The van der Waals surface area contributed by atoms with Crippen LogP contribution in [0.5, 0.6) is 11.5 Å². The zero-order chi connectivity index (χ0) is 39.9. The van der Waals surface area contributed by atoms with Crippen LogP contribution >= 0.6 is 0 Å². The van der Waals surface area contributed by atoms with Crippen LogP contribution in [0.15, 0.2) is 158 Å². The van der Waals surface area contributed by atoms with Crippen molar-refractivity contribution in [3.05, 3.63) is 182 Å². The molecule has 0 saturated carbocycles. The molecule has 0 aliphatic carbocycles. The van der Waals surface area contributed by atoms with Crippen molar-refractivity contribution in [2.45, 2.75) is 26.2 Å². The van der Waals surface area contributed by atoms with Crippen molar-refractivity contribution in [1.29, 1.82) is 0 Å². The summed E-state index contributed by atoms with van der Waals surface area (Å²) in [5, 5.41) is 10.6. The average molecular weight is 965 g/mol. The Kier molecular flexibility index (Phi) is 7.64. The first-order chi connectivity index (χ1) is 29.4. The number of hydrogen-bond acceptors (Lipinski definition) is 2. The molecule has 0 radical (unpaired) electrons. The zero-order valence-corrected chi connectivity index (χ0v) is 35.7. The number of fused-ring (bicyclic) bond motifs is 10. The summed E-state index contributed by atoms with van der Waals surface area (Å²) in [5.41, 5.74) is 9.57. The Morgan fingerprint density at radius 2 is 1.18 bits per heavy atom. The number of pyridine rings is 1. The summed E-state index contributed by atoms with van der Waals surface area (Å²) in [6.45, 7) is 6.68. The fourth-order valence-corrected chi connectivity index (χ4v) is 9.70. The minimum Gasteiger partial charge on any atom is -0.510 e.